The SMILES string of the molecule is CC(=O)O[C@H]1CC[C@@]2(C)[C@@H](CC[C@@H]3[C@H]2CC[C@]2(C)C(=O)NC(=O)C[C@@H]32)C1. The van der Waals surface area contributed by atoms with Crippen LogP contribution in [0.4, 0.5) is 0 Å². The first kappa shape index (κ1) is 18.0. The lowest BCUT2D eigenvalue weighted by molar-refractivity contribution is -0.170. The van der Waals surface area contributed by atoms with Crippen molar-refractivity contribution in [2.45, 2.75) is 78.2 Å². The molecule has 1 heterocycles. The summed E-state index contributed by atoms with van der Waals surface area (Å²) in [6.07, 6.45) is 7.74. The molecule has 26 heavy (non-hydrogen) atoms. The maximum atomic E-state index is 12.6. The molecule has 5 heteroatoms. The number of piperidine rings is 1. The molecule has 144 valence electrons. The maximum absolute atomic E-state index is 12.6. The molecule has 3 saturated carbocycles. The van der Waals surface area contributed by atoms with Crippen molar-refractivity contribution in [3.05, 3.63) is 0 Å². The Balaban J connectivity index is 1.57. The molecule has 0 aromatic heterocycles. The minimum absolute atomic E-state index is 0.0527. The van der Waals surface area contributed by atoms with Crippen molar-refractivity contribution in [2.24, 2.45) is 34.5 Å². The van der Waals surface area contributed by atoms with Crippen molar-refractivity contribution < 1.29 is 19.1 Å². The third kappa shape index (κ3) is 2.61. The van der Waals surface area contributed by atoms with Gasteiger partial charge in [-0.2, -0.15) is 0 Å². The predicted molar refractivity (Wildman–Crippen MR) is 95.8 cm³/mol. The van der Waals surface area contributed by atoms with Gasteiger partial charge in [0.05, 0.1) is 5.41 Å². The molecule has 0 aromatic rings. The first-order valence-corrected chi connectivity index (χ1v) is 10.3. The van der Waals surface area contributed by atoms with E-state index in [4.69, 9.17) is 4.74 Å². The summed E-state index contributed by atoms with van der Waals surface area (Å²) in [7, 11) is 0. The van der Waals surface area contributed by atoms with Crippen LogP contribution >= 0.6 is 0 Å². The summed E-state index contributed by atoms with van der Waals surface area (Å²) in [5, 5.41) is 2.58. The van der Waals surface area contributed by atoms with Crippen molar-refractivity contribution in [1.29, 1.82) is 0 Å². The van der Waals surface area contributed by atoms with Gasteiger partial charge in [-0.15, -0.1) is 0 Å². The summed E-state index contributed by atoms with van der Waals surface area (Å²) < 4.78 is 5.51. The molecule has 4 fully saturated rings. The average Bonchev–Trinajstić information content (AvgIpc) is 2.56. The molecular formula is C21H31NO4. The zero-order valence-electron chi connectivity index (χ0n) is 16.2. The Morgan fingerprint density at radius 1 is 1.08 bits per heavy atom. The van der Waals surface area contributed by atoms with Crippen LogP contribution in [0.15, 0.2) is 0 Å². The molecule has 4 aliphatic rings. The van der Waals surface area contributed by atoms with E-state index in [2.05, 4.69) is 19.2 Å². The lowest BCUT2D eigenvalue weighted by atomic mass is 9.44. The first-order chi connectivity index (χ1) is 12.2. The Hall–Kier alpha value is -1.39. The molecule has 4 rings (SSSR count). The summed E-state index contributed by atoms with van der Waals surface area (Å²) in [6.45, 7) is 5.99. The first-order valence-electron chi connectivity index (χ1n) is 10.3. The van der Waals surface area contributed by atoms with Crippen molar-refractivity contribution in [1.82, 2.24) is 5.32 Å². The molecule has 0 bridgehead atoms. The van der Waals surface area contributed by atoms with E-state index >= 15 is 0 Å². The third-order valence-corrected chi connectivity index (χ3v) is 8.52. The Labute approximate surface area is 155 Å². The van der Waals surface area contributed by atoms with Crippen LogP contribution in [-0.4, -0.2) is 23.9 Å². The number of carbonyl (C=O) groups is 3. The fraction of sp³-hybridized carbons (Fsp3) is 0.857. The van der Waals surface area contributed by atoms with Crippen LogP contribution in [-0.2, 0) is 19.1 Å². The Morgan fingerprint density at radius 2 is 1.85 bits per heavy atom. The van der Waals surface area contributed by atoms with Gasteiger partial charge in [-0.25, -0.2) is 0 Å². The van der Waals surface area contributed by atoms with Gasteiger partial charge in [-0.05, 0) is 74.0 Å². The van der Waals surface area contributed by atoms with E-state index in [-0.39, 0.29) is 40.6 Å². The van der Waals surface area contributed by atoms with Crippen molar-refractivity contribution in [3.63, 3.8) is 0 Å². The minimum atomic E-state index is -0.382. The second-order valence-corrected chi connectivity index (χ2v) is 9.70. The monoisotopic (exact) mass is 361 g/mol. The van der Waals surface area contributed by atoms with E-state index in [1.807, 2.05) is 0 Å². The zero-order valence-corrected chi connectivity index (χ0v) is 16.2. The van der Waals surface area contributed by atoms with E-state index in [0.717, 1.165) is 44.9 Å². The number of hydrogen-bond donors (Lipinski definition) is 1. The maximum Gasteiger partial charge on any atom is 0.302 e. The Kier molecular flexibility index (Phi) is 4.20. The molecule has 2 amide bonds. The van der Waals surface area contributed by atoms with E-state index < -0.39 is 0 Å². The summed E-state index contributed by atoms with van der Waals surface area (Å²) in [6, 6.07) is 0. The summed E-state index contributed by atoms with van der Waals surface area (Å²) in [5.41, 5.74) is -0.134. The van der Waals surface area contributed by atoms with E-state index in [0.29, 0.717) is 24.2 Å². The van der Waals surface area contributed by atoms with E-state index in [9.17, 15) is 14.4 Å². The Bertz CT molecular complexity index is 646. The van der Waals surface area contributed by atoms with Gasteiger partial charge in [0.25, 0.3) is 0 Å². The summed E-state index contributed by atoms with van der Waals surface area (Å²) in [4.78, 5) is 36.0. The highest BCUT2D eigenvalue weighted by atomic mass is 16.5. The van der Waals surface area contributed by atoms with Gasteiger partial charge < -0.3 is 4.74 Å². The van der Waals surface area contributed by atoms with Crippen LogP contribution < -0.4 is 5.32 Å². The van der Waals surface area contributed by atoms with Crippen LogP contribution in [0.5, 0.6) is 0 Å². The largest absolute Gasteiger partial charge is 0.463 e. The molecule has 1 saturated heterocycles. The smallest absolute Gasteiger partial charge is 0.302 e. The zero-order chi connectivity index (χ0) is 18.7. The molecular weight excluding hydrogens is 330 g/mol. The number of rotatable bonds is 1. The van der Waals surface area contributed by atoms with Crippen molar-refractivity contribution in [3.8, 4) is 0 Å². The molecule has 1 aliphatic heterocycles. The third-order valence-electron chi connectivity index (χ3n) is 8.52. The number of hydrogen-bond acceptors (Lipinski definition) is 4. The van der Waals surface area contributed by atoms with Crippen LogP contribution in [0, 0.1) is 34.5 Å². The fourth-order valence-electron chi connectivity index (χ4n) is 7.06. The number of amides is 2. The lowest BCUT2D eigenvalue weighted by Crippen LogP contribution is -2.61. The van der Waals surface area contributed by atoms with Crippen LogP contribution in [0.3, 0.4) is 0 Å². The quantitative estimate of drug-likeness (QED) is 0.575. The second-order valence-electron chi connectivity index (χ2n) is 9.70. The number of imide groups is 1. The molecule has 0 spiro atoms. The topological polar surface area (TPSA) is 72.5 Å². The summed E-state index contributed by atoms with van der Waals surface area (Å²) in [5.74, 6) is 1.50. The molecule has 0 radical (unpaired) electrons. The number of esters is 1. The van der Waals surface area contributed by atoms with Gasteiger partial charge >= 0.3 is 5.97 Å². The van der Waals surface area contributed by atoms with Gasteiger partial charge in [0.15, 0.2) is 0 Å². The molecule has 7 atom stereocenters. The molecule has 0 unspecified atom stereocenters. The van der Waals surface area contributed by atoms with E-state index in [1.54, 1.807) is 0 Å². The van der Waals surface area contributed by atoms with Gasteiger partial charge in [0, 0.05) is 13.3 Å². The van der Waals surface area contributed by atoms with Crippen molar-refractivity contribution in [2.75, 3.05) is 0 Å². The minimum Gasteiger partial charge on any atom is -0.463 e. The highest BCUT2D eigenvalue weighted by Crippen LogP contribution is 2.64. The number of carbonyl (C=O) groups excluding carboxylic acids is 3. The lowest BCUT2D eigenvalue weighted by Gasteiger charge is -2.61. The van der Waals surface area contributed by atoms with Gasteiger partial charge in [0.1, 0.15) is 6.10 Å². The van der Waals surface area contributed by atoms with Gasteiger partial charge in [0.2, 0.25) is 11.8 Å². The highest BCUT2D eigenvalue weighted by molar-refractivity contribution is 6.01. The van der Waals surface area contributed by atoms with Crippen molar-refractivity contribution >= 4 is 17.8 Å². The normalized spacial score (nSPS) is 47.9. The standard InChI is InChI=1S/C21H31NO4/c1-12(23)26-14-6-8-20(2)13(10-14)4-5-15-16(20)7-9-21(3)17(15)11-18(24)22-19(21)25/h13-17H,4-11H2,1-3H3,(H,22,24,25)/t13-,14-,15+,16+,17-,20-,21-/m0/s1. The molecule has 5 nitrogen and oxygen atoms in total. The van der Waals surface area contributed by atoms with Crippen LogP contribution in [0.2, 0.25) is 0 Å². The molecule has 1 N–H and O–H groups in total. The Morgan fingerprint density at radius 3 is 2.58 bits per heavy atom. The molecule has 3 aliphatic carbocycles. The van der Waals surface area contributed by atoms with Crippen LogP contribution in [0.1, 0.15) is 72.1 Å². The van der Waals surface area contributed by atoms with Gasteiger partial charge in [-0.1, -0.05) is 13.8 Å². The number of ether oxygens (including phenoxy) is 1. The highest BCUT2D eigenvalue weighted by Gasteiger charge is 2.60. The summed E-state index contributed by atoms with van der Waals surface area (Å²) >= 11 is 0. The predicted octanol–water partition coefficient (Wildman–Crippen LogP) is 3.21. The van der Waals surface area contributed by atoms with E-state index in [1.165, 1.54) is 6.92 Å². The fourth-order valence-corrected chi connectivity index (χ4v) is 7.06. The van der Waals surface area contributed by atoms with Gasteiger partial charge in [-0.3, -0.25) is 19.7 Å². The number of fused-ring (bicyclic) bond motifs is 5. The number of nitrogens with one attached hydrogen (secondary N) is 1. The average molecular weight is 361 g/mol. The second kappa shape index (κ2) is 6.07. The molecule has 0 aromatic carbocycles. The van der Waals surface area contributed by atoms with Crippen LogP contribution in [0.25, 0.3) is 0 Å².